The number of aliphatic hydroxyl groups is 1. The summed E-state index contributed by atoms with van der Waals surface area (Å²) >= 11 is 0. The number of ether oxygens (including phenoxy) is 6. The van der Waals surface area contributed by atoms with Gasteiger partial charge in [-0.1, -0.05) is 79.7 Å². The molecule has 4 aromatic carbocycles. The SMILES string of the molecule is Cc1cc2c(cc1OCC(O)COc1ccc3c(c1C)C1(CC3(C)C)CC(C)(C)c3c(C)ccc(OCC4CO4)c31)C(C)(C)CC21CC(C)(C)c2ccc(OCC3CO3)c(C)c21. The molecule has 4 aromatic rings. The fraction of sp³-hybridized carbons (Fsp3) is 0.564. The Hall–Kier alpha value is -4.04. The van der Waals surface area contributed by atoms with Gasteiger partial charge in [0.15, 0.2) is 0 Å². The van der Waals surface area contributed by atoms with Crippen molar-refractivity contribution in [2.75, 3.05) is 39.6 Å². The molecule has 62 heavy (non-hydrogen) atoms. The first-order valence-electron chi connectivity index (χ1n) is 23.2. The summed E-state index contributed by atoms with van der Waals surface area (Å²) in [5.74, 6) is 3.60. The van der Waals surface area contributed by atoms with Crippen LogP contribution in [0.15, 0.2) is 48.5 Å². The van der Waals surface area contributed by atoms with Crippen molar-refractivity contribution in [1.29, 1.82) is 0 Å². The van der Waals surface area contributed by atoms with Crippen LogP contribution in [0.5, 0.6) is 23.0 Å². The van der Waals surface area contributed by atoms with Crippen molar-refractivity contribution in [2.24, 2.45) is 0 Å². The standard InChI is InChI=1S/C55H68O7/c1-31-13-16-44(62-26-37-24-58-37)49-46(31)53(11,12)30-55(49)29-51(7,8)39-15-17-42(34(4)48(39)55)59-21-35(56)22-60-45-20-40-41(19-32(45)2)54(28-52(40,9)10)27-50(5,6)38-14-18-43(33(3)47(38)54)61-25-36-23-57-36/h13-20,35-37,56H,21-30H2,1-12H3. The Morgan fingerprint density at radius 1 is 0.500 bits per heavy atom. The third-order valence-electron chi connectivity index (χ3n) is 15.8. The van der Waals surface area contributed by atoms with Gasteiger partial charge in [0.2, 0.25) is 0 Å². The molecule has 330 valence electrons. The summed E-state index contributed by atoms with van der Waals surface area (Å²) in [5.41, 5.74) is 15.5. The maximum absolute atomic E-state index is 11.5. The molecule has 5 unspecified atom stereocenters. The molecule has 4 aliphatic carbocycles. The molecule has 2 aliphatic heterocycles. The predicted molar refractivity (Wildman–Crippen MR) is 244 cm³/mol. The maximum atomic E-state index is 11.5. The fourth-order valence-corrected chi connectivity index (χ4v) is 13.6. The normalized spacial score (nSPS) is 27.4. The van der Waals surface area contributed by atoms with Crippen LogP contribution >= 0.6 is 0 Å². The number of hydrogen-bond acceptors (Lipinski definition) is 7. The van der Waals surface area contributed by atoms with Crippen LogP contribution in [-0.4, -0.2) is 63.1 Å². The Morgan fingerprint density at radius 2 is 0.968 bits per heavy atom. The zero-order valence-electron chi connectivity index (χ0n) is 39.3. The second-order valence-corrected chi connectivity index (χ2v) is 22.7. The highest BCUT2D eigenvalue weighted by atomic mass is 16.6. The third kappa shape index (κ3) is 6.52. The second kappa shape index (κ2) is 14.0. The molecule has 0 aromatic heterocycles. The van der Waals surface area contributed by atoms with Crippen molar-refractivity contribution in [3.63, 3.8) is 0 Å². The van der Waals surface area contributed by atoms with Crippen LogP contribution in [0.4, 0.5) is 0 Å². The lowest BCUT2D eigenvalue weighted by Gasteiger charge is -2.32. The van der Waals surface area contributed by atoms with E-state index in [1.54, 1.807) is 0 Å². The number of hydrogen-bond donors (Lipinski definition) is 1. The Bertz CT molecular complexity index is 2480. The van der Waals surface area contributed by atoms with Gasteiger partial charge in [-0.15, -0.1) is 0 Å². The molecule has 1 N–H and O–H groups in total. The maximum Gasteiger partial charge on any atom is 0.123 e. The van der Waals surface area contributed by atoms with Crippen molar-refractivity contribution in [1.82, 2.24) is 0 Å². The van der Waals surface area contributed by atoms with Crippen LogP contribution in [0.3, 0.4) is 0 Å². The highest BCUT2D eigenvalue weighted by Gasteiger charge is 2.60. The lowest BCUT2D eigenvalue weighted by molar-refractivity contribution is 0.0621. The molecule has 0 bridgehead atoms. The lowest BCUT2D eigenvalue weighted by Crippen LogP contribution is -2.28. The molecule has 6 aliphatic rings. The van der Waals surface area contributed by atoms with Gasteiger partial charge in [0.1, 0.15) is 67.7 Å². The molecule has 5 atom stereocenters. The predicted octanol–water partition coefficient (Wildman–Crippen LogP) is 10.6. The number of aryl methyl sites for hydroxylation is 2. The first-order valence-corrected chi connectivity index (χ1v) is 23.2. The molecule has 10 rings (SSSR count). The minimum absolute atomic E-state index is 0.0248. The highest BCUT2D eigenvalue weighted by molar-refractivity contribution is 5.69. The smallest absolute Gasteiger partial charge is 0.123 e. The average molecular weight is 841 g/mol. The number of aliphatic hydroxyl groups excluding tert-OH is 1. The summed E-state index contributed by atoms with van der Waals surface area (Å²) in [7, 11) is 0. The van der Waals surface area contributed by atoms with Crippen LogP contribution in [0, 0.1) is 27.7 Å². The zero-order valence-corrected chi connectivity index (χ0v) is 39.3. The number of fused-ring (bicyclic) bond motifs is 8. The number of rotatable bonds is 12. The first-order chi connectivity index (χ1) is 29.2. The van der Waals surface area contributed by atoms with Crippen molar-refractivity contribution < 1.29 is 33.5 Å². The van der Waals surface area contributed by atoms with E-state index in [-0.39, 0.29) is 57.9 Å². The van der Waals surface area contributed by atoms with E-state index in [0.717, 1.165) is 73.0 Å². The van der Waals surface area contributed by atoms with Gasteiger partial charge in [-0.2, -0.15) is 0 Å². The van der Waals surface area contributed by atoms with Crippen LogP contribution < -0.4 is 18.9 Å². The Kier molecular flexibility index (Phi) is 9.46. The average Bonchev–Trinajstić information content (AvgIpc) is 4.12. The summed E-state index contributed by atoms with van der Waals surface area (Å²) < 4.78 is 37.1. The van der Waals surface area contributed by atoms with E-state index in [4.69, 9.17) is 28.4 Å². The molecular weight excluding hydrogens is 773 g/mol. The van der Waals surface area contributed by atoms with Gasteiger partial charge < -0.3 is 33.5 Å². The van der Waals surface area contributed by atoms with Gasteiger partial charge in [0.05, 0.1) is 13.2 Å². The van der Waals surface area contributed by atoms with Gasteiger partial charge in [0.25, 0.3) is 0 Å². The quantitative estimate of drug-likeness (QED) is 0.142. The Balaban J connectivity index is 0.899. The van der Waals surface area contributed by atoms with Gasteiger partial charge in [0, 0.05) is 16.4 Å². The summed E-state index contributed by atoms with van der Waals surface area (Å²) in [4.78, 5) is 0. The molecule has 2 spiro atoms. The fourth-order valence-electron chi connectivity index (χ4n) is 13.6. The van der Waals surface area contributed by atoms with Crippen molar-refractivity contribution >= 4 is 0 Å². The van der Waals surface area contributed by atoms with E-state index in [1.807, 2.05) is 0 Å². The highest BCUT2D eigenvalue weighted by Crippen LogP contribution is 2.67. The molecule has 0 amide bonds. The largest absolute Gasteiger partial charge is 0.491 e. The molecule has 2 fully saturated rings. The molecule has 0 saturated carbocycles. The van der Waals surface area contributed by atoms with Crippen LogP contribution in [0.1, 0.15) is 148 Å². The van der Waals surface area contributed by atoms with E-state index in [2.05, 4.69) is 132 Å². The van der Waals surface area contributed by atoms with E-state index < -0.39 is 6.10 Å². The van der Waals surface area contributed by atoms with Crippen LogP contribution in [0.2, 0.25) is 0 Å². The number of epoxide rings is 2. The van der Waals surface area contributed by atoms with Gasteiger partial charge >= 0.3 is 0 Å². The van der Waals surface area contributed by atoms with Crippen LogP contribution in [0.25, 0.3) is 0 Å². The molecule has 2 saturated heterocycles. The second-order valence-electron chi connectivity index (χ2n) is 22.7. The molecule has 2 heterocycles. The summed E-state index contributed by atoms with van der Waals surface area (Å²) in [5, 5.41) is 11.5. The van der Waals surface area contributed by atoms with Gasteiger partial charge in [-0.25, -0.2) is 0 Å². The minimum atomic E-state index is -0.817. The minimum Gasteiger partial charge on any atom is -0.491 e. The Labute approximate surface area is 369 Å². The summed E-state index contributed by atoms with van der Waals surface area (Å²) in [6.45, 7) is 31.0. The van der Waals surface area contributed by atoms with Crippen molar-refractivity contribution in [2.45, 2.75) is 160 Å². The van der Waals surface area contributed by atoms with Gasteiger partial charge in [-0.3, -0.25) is 0 Å². The van der Waals surface area contributed by atoms with E-state index >= 15 is 0 Å². The topological polar surface area (TPSA) is 82.2 Å². The summed E-state index contributed by atoms with van der Waals surface area (Å²) in [6.07, 6.45) is 3.65. The molecular formula is C55H68O7. The molecule has 0 radical (unpaired) electrons. The zero-order chi connectivity index (χ0) is 43.9. The van der Waals surface area contributed by atoms with Gasteiger partial charge in [-0.05, 0) is 161 Å². The molecule has 7 nitrogen and oxygen atoms in total. The van der Waals surface area contributed by atoms with E-state index in [9.17, 15) is 5.11 Å². The van der Waals surface area contributed by atoms with E-state index in [1.165, 1.54) is 55.6 Å². The third-order valence-corrected chi connectivity index (χ3v) is 15.8. The lowest BCUT2D eigenvalue weighted by atomic mass is 9.71. The molecule has 7 heteroatoms. The summed E-state index contributed by atoms with van der Waals surface area (Å²) in [6, 6.07) is 17.9. The Morgan fingerprint density at radius 3 is 1.55 bits per heavy atom. The van der Waals surface area contributed by atoms with Crippen LogP contribution in [-0.2, 0) is 42.0 Å². The van der Waals surface area contributed by atoms with Crippen molar-refractivity contribution in [3.05, 3.63) is 115 Å². The van der Waals surface area contributed by atoms with E-state index in [0.29, 0.717) is 13.2 Å². The number of benzene rings is 4. The first kappa shape index (κ1) is 41.9. The monoisotopic (exact) mass is 840 g/mol. The van der Waals surface area contributed by atoms with Crippen molar-refractivity contribution in [3.8, 4) is 23.0 Å².